The van der Waals surface area contributed by atoms with Crippen molar-refractivity contribution < 1.29 is 9.59 Å². The maximum absolute atomic E-state index is 12.6. The van der Waals surface area contributed by atoms with Gasteiger partial charge in [0.05, 0.1) is 10.0 Å². The first kappa shape index (κ1) is 27.3. The summed E-state index contributed by atoms with van der Waals surface area (Å²) in [6.45, 7) is 4.92. The third kappa shape index (κ3) is 9.73. The summed E-state index contributed by atoms with van der Waals surface area (Å²) >= 11 is 17.9. The zero-order valence-electron chi connectivity index (χ0n) is 19.6. The first-order valence-corrected chi connectivity index (χ1v) is 13.0. The quantitative estimate of drug-likeness (QED) is 0.296. The van der Waals surface area contributed by atoms with Crippen LogP contribution in [0.2, 0.25) is 15.1 Å². The predicted octanol–water partition coefficient (Wildman–Crippen LogP) is 6.19. The molecule has 35 heavy (non-hydrogen) atoms. The maximum atomic E-state index is 12.6. The normalized spacial score (nSPS) is 14.7. The molecule has 2 aromatic carbocycles. The van der Waals surface area contributed by atoms with Crippen LogP contribution in [0.15, 0.2) is 48.5 Å². The molecule has 6 nitrogen and oxygen atoms in total. The van der Waals surface area contributed by atoms with E-state index in [1.54, 1.807) is 30.3 Å². The van der Waals surface area contributed by atoms with Gasteiger partial charge in [-0.2, -0.15) is 0 Å². The van der Waals surface area contributed by atoms with Crippen LogP contribution in [0.1, 0.15) is 31.2 Å². The highest BCUT2D eigenvalue weighted by Gasteiger charge is 2.19. The average Bonchev–Trinajstić information content (AvgIpc) is 3.08. The highest BCUT2D eigenvalue weighted by Crippen LogP contribution is 2.23. The Kier molecular flexibility index (Phi) is 11.2. The van der Waals surface area contributed by atoms with Crippen LogP contribution >= 0.6 is 34.8 Å². The van der Waals surface area contributed by atoms with E-state index >= 15 is 0 Å². The summed E-state index contributed by atoms with van der Waals surface area (Å²) < 4.78 is 0. The number of hydrogen-bond donors (Lipinski definition) is 2. The van der Waals surface area contributed by atoms with E-state index < -0.39 is 0 Å². The molecule has 0 bridgehead atoms. The van der Waals surface area contributed by atoms with Crippen LogP contribution in [-0.2, 0) is 4.79 Å². The summed E-state index contributed by atoms with van der Waals surface area (Å²) in [4.78, 5) is 28.9. The van der Waals surface area contributed by atoms with Gasteiger partial charge in [0.2, 0.25) is 5.91 Å². The highest BCUT2D eigenvalue weighted by molar-refractivity contribution is 6.42. The number of nitrogens with one attached hydrogen (secondary N) is 2. The van der Waals surface area contributed by atoms with E-state index in [0.717, 1.165) is 57.4 Å². The first-order valence-electron chi connectivity index (χ1n) is 11.9. The van der Waals surface area contributed by atoms with Crippen molar-refractivity contribution in [2.45, 2.75) is 25.7 Å². The van der Waals surface area contributed by atoms with Crippen molar-refractivity contribution in [1.29, 1.82) is 0 Å². The Bertz CT molecular complexity index is 1030. The van der Waals surface area contributed by atoms with Crippen LogP contribution in [0.3, 0.4) is 0 Å². The monoisotopic (exact) mass is 536 g/mol. The molecule has 0 saturated carbocycles. The number of amides is 3. The van der Waals surface area contributed by atoms with Crippen molar-refractivity contribution >= 4 is 58.5 Å². The minimum Gasteiger partial charge on any atom is -0.353 e. The first-order chi connectivity index (χ1) is 16.9. The number of unbranched alkanes of at least 4 members (excludes halogenated alkanes) is 2. The van der Waals surface area contributed by atoms with Crippen LogP contribution < -0.4 is 10.6 Å². The van der Waals surface area contributed by atoms with Crippen molar-refractivity contribution in [3.8, 4) is 0 Å². The van der Waals surface area contributed by atoms with E-state index in [9.17, 15) is 9.59 Å². The minimum atomic E-state index is -0.125. The Balaban J connectivity index is 1.27. The molecule has 1 fully saturated rings. The Labute approximate surface area is 222 Å². The third-order valence-electron chi connectivity index (χ3n) is 5.77. The number of urea groups is 1. The predicted molar refractivity (Wildman–Crippen MR) is 145 cm³/mol. The van der Waals surface area contributed by atoms with Gasteiger partial charge in [-0.05, 0) is 74.3 Å². The van der Waals surface area contributed by atoms with Gasteiger partial charge < -0.3 is 20.4 Å². The Morgan fingerprint density at radius 2 is 1.77 bits per heavy atom. The second kappa shape index (κ2) is 14.3. The number of hydrogen-bond acceptors (Lipinski definition) is 3. The lowest BCUT2D eigenvalue weighted by molar-refractivity contribution is -0.116. The topological polar surface area (TPSA) is 64.7 Å². The van der Waals surface area contributed by atoms with E-state index in [-0.39, 0.29) is 11.9 Å². The number of benzene rings is 2. The van der Waals surface area contributed by atoms with Gasteiger partial charge in [-0.25, -0.2) is 4.79 Å². The second-order valence-electron chi connectivity index (χ2n) is 8.48. The molecular weight excluding hydrogens is 507 g/mol. The molecule has 0 radical (unpaired) electrons. The fourth-order valence-corrected chi connectivity index (χ4v) is 4.36. The third-order valence-corrected chi connectivity index (χ3v) is 6.75. The van der Waals surface area contributed by atoms with Gasteiger partial charge in [-0.3, -0.25) is 4.79 Å². The highest BCUT2D eigenvalue weighted by atomic mass is 35.5. The molecule has 188 valence electrons. The number of carbonyl (C=O) groups excluding carboxylic acids is 2. The molecule has 1 aliphatic heterocycles. The minimum absolute atomic E-state index is 0.0851. The molecule has 0 aliphatic carbocycles. The largest absolute Gasteiger partial charge is 0.353 e. The summed E-state index contributed by atoms with van der Waals surface area (Å²) in [6.07, 6.45) is 7.19. The molecule has 1 heterocycles. The smallest absolute Gasteiger partial charge is 0.321 e. The Morgan fingerprint density at radius 1 is 0.914 bits per heavy atom. The standard InChI is InChI=1S/C26H31Cl3N4O2/c27-21-6-4-7-22(19-21)31-26(35)33-15-5-14-32(16-17-33)13-3-1-2-12-30-25(34)11-9-20-8-10-23(28)24(29)18-20/h4,6-11,18-19H,1-3,5,12-17H2,(H,30,34)(H,31,35)/b11-9+. The van der Waals surface area contributed by atoms with Gasteiger partial charge in [-0.15, -0.1) is 0 Å². The van der Waals surface area contributed by atoms with Crippen molar-refractivity contribution in [2.75, 3.05) is 44.6 Å². The van der Waals surface area contributed by atoms with Gasteiger partial charge in [0.15, 0.2) is 0 Å². The molecule has 0 atom stereocenters. The number of rotatable bonds is 9. The van der Waals surface area contributed by atoms with E-state index in [4.69, 9.17) is 34.8 Å². The Morgan fingerprint density at radius 3 is 2.57 bits per heavy atom. The molecule has 3 amide bonds. The molecule has 2 aromatic rings. The van der Waals surface area contributed by atoms with E-state index in [1.807, 2.05) is 23.1 Å². The molecule has 3 rings (SSSR count). The average molecular weight is 538 g/mol. The lowest BCUT2D eigenvalue weighted by atomic mass is 10.2. The summed E-state index contributed by atoms with van der Waals surface area (Å²) in [7, 11) is 0. The molecule has 0 aromatic heterocycles. The zero-order chi connectivity index (χ0) is 25.0. The molecule has 1 saturated heterocycles. The van der Waals surface area contributed by atoms with Crippen LogP contribution in [0, 0.1) is 0 Å². The van der Waals surface area contributed by atoms with Gasteiger partial charge in [0, 0.05) is 43.0 Å². The van der Waals surface area contributed by atoms with Crippen LogP contribution in [0.4, 0.5) is 10.5 Å². The number of anilines is 1. The summed E-state index contributed by atoms with van der Waals surface area (Å²) in [6, 6.07) is 12.3. The van der Waals surface area contributed by atoms with Crippen LogP contribution in [0.5, 0.6) is 0 Å². The van der Waals surface area contributed by atoms with Crippen molar-refractivity contribution in [2.24, 2.45) is 0 Å². The fraction of sp³-hybridized carbons (Fsp3) is 0.385. The number of halogens is 3. The molecular formula is C26H31Cl3N4O2. The van der Waals surface area contributed by atoms with Crippen molar-refractivity contribution in [3.05, 3.63) is 69.2 Å². The SMILES string of the molecule is O=C(/C=C/c1ccc(Cl)c(Cl)c1)NCCCCCN1CCCN(C(=O)Nc2cccc(Cl)c2)CC1. The van der Waals surface area contributed by atoms with E-state index in [2.05, 4.69) is 15.5 Å². The molecule has 0 spiro atoms. The molecule has 2 N–H and O–H groups in total. The number of carbonyl (C=O) groups is 2. The van der Waals surface area contributed by atoms with E-state index in [1.165, 1.54) is 6.08 Å². The van der Waals surface area contributed by atoms with Crippen molar-refractivity contribution in [3.63, 3.8) is 0 Å². The second-order valence-corrected chi connectivity index (χ2v) is 9.73. The van der Waals surface area contributed by atoms with Gasteiger partial charge >= 0.3 is 6.03 Å². The lowest BCUT2D eigenvalue weighted by Crippen LogP contribution is -2.38. The van der Waals surface area contributed by atoms with Crippen molar-refractivity contribution in [1.82, 2.24) is 15.1 Å². The zero-order valence-corrected chi connectivity index (χ0v) is 21.9. The van der Waals surface area contributed by atoms with Gasteiger partial charge in [0.25, 0.3) is 0 Å². The number of nitrogens with zero attached hydrogens (tertiary/aromatic N) is 2. The fourth-order valence-electron chi connectivity index (χ4n) is 3.86. The summed E-state index contributed by atoms with van der Waals surface area (Å²) in [5.41, 5.74) is 1.54. The Hall–Kier alpha value is -2.25. The van der Waals surface area contributed by atoms with E-state index in [0.29, 0.717) is 33.8 Å². The van der Waals surface area contributed by atoms with Crippen LogP contribution in [0.25, 0.3) is 6.08 Å². The van der Waals surface area contributed by atoms with Crippen LogP contribution in [-0.4, -0.2) is 61.0 Å². The summed E-state index contributed by atoms with van der Waals surface area (Å²) in [5.74, 6) is -0.125. The molecule has 1 aliphatic rings. The molecule has 0 unspecified atom stereocenters. The molecule has 9 heteroatoms. The summed E-state index contributed by atoms with van der Waals surface area (Å²) in [5, 5.41) is 7.39. The van der Waals surface area contributed by atoms with Gasteiger partial charge in [0.1, 0.15) is 0 Å². The van der Waals surface area contributed by atoms with Gasteiger partial charge in [-0.1, -0.05) is 53.4 Å². The maximum Gasteiger partial charge on any atom is 0.321 e. The lowest BCUT2D eigenvalue weighted by Gasteiger charge is -2.22.